The highest BCUT2D eigenvalue weighted by molar-refractivity contribution is 9.11. The van der Waals surface area contributed by atoms with Crippen molar-refractivity contribution in [2.24, 2.45) is 0 Å². The van der Waals surface area contributed by atoms with Crippen molar-refractivity contribution >= 4 is 27.3 Å². The third kappa shape index (κ3) is 3.22. The summed E-state index contributed by atoms with van der Waals surface area (Å²) in [5.74, 6) is 1.23. The Hall–Kier alpha value is -0.760. The molecule has 0 aliphatic carbocycles. The van der Waals surface area contributed by atoms with Crippen molar-refractivity contribution in [2.45, 2.75) is 25.5 Å². The molecule has 1 unspecified atom stereocenters. The van der Waals surface area contributed by atoms with E-state index in [1.807, 2.05) is 12.1 Å². The van der Waals surface area contributed by atoms with Crippen LogP contribution < -0.4 is 0 Å². The molecule has 0 amide bonds. The number of aliphatic hydroxyl groups excluding tert-OH is 1. The Morgan fingerprint density at radius 1 is 1.53 bits per heavy atom. The minimum atomic E-state index is -0.232. The summed E-state index contributed by atoms with van der Waals surface area (Å²) in [6.45, 7) is 2.26. The lowest BCUT2D eigenvalue weighted by Gasteiger charge is -2.28. The van der Waals surface area contributed by atoms with Gasteiger partial charge in [0.05, 0.1) is 21.3 Å². The fraction of sp³-hybridized carbons (Fsp3) is 0.500. The summed E-state index contributed by atoms with van der Waals surface area (Å²) in [4.78, 5) is 7.54. The molecule has 102 valence electrons. The second kappa shape index (κ2) is 5.70. The SMILES string of the molecule is OC1CCCN(Cc2nc(-c3ccc(Br)s3)no2)C1. The summed E-state index contributed by atoms with van der Waals surface area (Å²) in [7, 11) is 0. The third-order valence-electron chi connectivity index (χ3n) is 3.10. The summed E-state index contributed by atoms with van der Waals surface area (Å²) in [5, 5.41) is 13.6. The number of thiophene rings is 1. The van der Waals surface area contributed by atoms with Crippen molar-refractivity contribution in [1.29, 1.82) is 0 Å². The first-order valence-electron chi connectivity index (χ1n) is 6.19. The molecule has 1 N–H and O–H groups in total. The van der Waals surface area contributed by atoms with E-state index < -0.39 is 0 Å². The number of hydrogen-bond acceptors (Lipinski definition) is 6. The molecule has 1 fully saturated rings. The van der Waals surface area contributed by atoms with Crippen molar-refractivity contribution in [3.8, 4) is 10.7 Å². The molecule has 0 saturated carbocycles. The van der Waals surface area contributed by atoms with Gasteiger partial charge < -0.3 is 9.63 Å². The molecular formula is C12H14BrN3O2S. The zero-order valence-electron chi connectivity index (χ0n) is 10.3. The lowest BCUT2D eigenvalue weighted by Crippen LogP contribution is -2.37. The van der Waals surface area contributed by atoms with E-state index in [0.29, 0.717) is 24.8 Å². The number of β-amino-alcohol motifs (C(OH)–C–C–N with tert-alkyl or cyclic N) is 1. The van der Waals surface area contributed by atoms with Crippen molar-refractivity contribution < 1.29 is 9.63 Å². The zero-order valence-corrected chi connectivity index (χ0v) is 12.7. The number of piperidine rings is 1. The second-order valence-corrected chi connectivity index (χ2v) is 7.11. The molecule has 19 heavy (non-hydrogen) atoms. The summed E-state index contributed by atoms with van der Waals surface area (Å²) in [6, 6.07) is 3.94. The van der Waals surface area contributed by atoms with E-state index in [0.717, 1.165) is 28.0 Å². The van der Waals surface area contributed by atoms with Gasteiger partial charge in [0.15, 0.2) is 0 Å². The molecule has 0 aromatic carbocycles. The highest BCUT2D eigenvalue weighted by Gasteiger charge is 2.20. The molecule has 3 rings (SSSR count). The summed E-state index contributed by atoms with van der Waals surface area (Å²) >= 11 is 5.00. The molecule has 0 spiro atoms. The minimum absolute atomic E-state index is 0.232. The quantitative estimate of drug-likeness (QED) is 0.927. The van der Waals surface area contributed by atoms with Gasteiger partial charge in [-0.15, -0.1) is 11.3 Å². The molecular weight excluding hydrogens is 330 g/mol. The van der Waals surface area contributed by atoms with E-state index in [9.17, 15) is 5.11 Å². The first-order chi connectivity index (χ1) is 9.20. The normalized spacial score (nSPS) is 20.8. The Morgan fingerprint density at radius 3 is 3.16 bits per heavy atom. The van der Waals surface area contributed by atoms with Crippen LogP contribution in [0.15, 0.2) is 20.4 Å². The fourth-order valence-corrected chi connectivity index (χ4v) is 3.53. The minimum Gasteiger partial charge on any atom is -0.392 e. The lowest BCUT2D eigenvalue weighted by molar-refractivity contribution is 0.0613. The van der Waals surface area contributed by atoms with Crippen molar-refractivity contribution in [1.82, 2.24) is 15.0 Å². The maximum absolute atomic E-state index is 9.63. The molecule has 0 bridgehead atoms. The van der Waals surface area contributed by atoms with Crippen LogP contribution in [0, 0.1) is 0 Å². The Labute approximate surface area is 123 Å². The van der Waals surface area contributed by atoms with Crippen molar-refractivity contribution in [2.75, 3.05) is 13.1 Å². The third-order valence-corrected chi connectivity index (χ3v) is 4.72. The predicted molar refractivity (Wildman–Crippen MR) is 75.8 cm³/mol. The van der Waals surface area contributed by atoms with Crippen LogP contribution in [0.2, 0.25) is 0 Å². The average molecular weight is 344 g/mol. The molecule has 1 aliphatic rings. The van der Waals surface area contributed by atoms with E-state index in [2.05, 4.69) is 31.0 Å². The number of aliphatic hydroxyl groups is 1. The van der Waals surface area contributed by atoms with Gasteiger partial charge in [0.2, 0.25) is 11.7 Å². The van der Waals surface area contributed by atoms with E-state index in [-0.39, 0.29) is 6.10 Å². The van der Waals surface area contributed by atoms with E-state index in [1.54, 1.807) is 11.3 Å². The molecule has 2 aromatic heterocycles. The summed E-state index contributed by atoms with van der Waals surface area (Å²) in [6.07, 6.45) is 1.67. The maximum atomic E-state index is 9.63. The highest BCUT2D eigenvalue weighted by atomic mass is 79.9. The second-order valence-electron chi connectivity index (χ2n) is 4.65. The van der Waals surface area contributed by atoms with Crippen LogP contribution in [0.25, 0.3) is 10.7 Å². The van der Waals surface area contributed by atoms with Gasteiger partial charge in [-0.3, -0.25) is 4.90 Å². The monoisotopic (exact) mass is 343 g/mol. The Kier molecular flexibility index (Phi) is 3.97. The maximum Gasteiger partial charge on any atom is 0.241 e. The standard InChI is InChI=1S/C12H14BrN3O2S/c13-10-4-3-9(19-10)12-14-11(18-15-12)7-16-5-1-2-8(17)6-16/h3-4,8,17H,1-2,5-7H2. The van der Waals surface area contributed by atoms with Crippen LogP contribution in [0.4, 0.5) is 0 Å². The Balaban J connectivity index is 1.68. The molecule has 3 heterocycles. The number of likely N-dealkylation sites (tertiary alicyclic amines) is 1. The van der Waals surface area contributed by atoms with Crippen LogP contribution >= 0.6 is 27.3 Å². The number of aromatic nitrogens is 2. The van der Waals surface area contributed by atoms with Gasteiger partial charge in [-0.1, -0.05) is 5.16 Å². The largest absolute Gasteiger partial charge is 0.392 e. The molecule has 1 atom stereocenters. The van der Waals surface area contributed by atoms with Gasteiger partial charge >= 0.3 is 0 Å². The number of halogens is 1. The first-order valence-corrected chi connectivity index (χ1v) is 7.80. The smallest absolute Gasteiger partial charge is 0.241 e. The lowest BCUT2D eigenvalue weighted by atomic mass is 10.1. The Morgan fingerprint density at radius 2 is 2.42 bits per heavy atom. The van der Waals surface area contributed by atoms with Crippen molar-refractivity contribution in [3.05, 3.63) is 21.8 Å². The highest BCUT2D eigenvalue weighted by Crippen LogP contribution is 2.29. The van der Waals surface area contributed by atoms with Gasteiger partial charge in [0.1, 0.15) is 0 Å². The van der Waals surface area contributed by atoms with Crippen LogP contribution in [-0.4, -0.2) is 39.3 Å². The van der Waals surface area contributed by atoms with Gasteiger partial charge in [-0.2, -0.15) is 4.98 Å². The summed E-state index contributed by atoms with van der Waals surface area (Å²) < 4.78 is 6.32. The molecule has 0 radical (unpaired) electrons. The van der Waals surface area contributed by atoms with E-state index in [1.165, 1.54) is 0 Å². The number of hydrogen-bond donors (Lipinski definition) is 1. The number of rotatable bonds is 3. The van der Waals surface area contributed by atoms with Crippen LogP contribution in [-0.2, 0) is 6.54 Å². The topological polar surface area (TPSA) is 62.4 Å². The van der Waals surface area contributed by atoms with Crippen LogP contribution in [0.5, 0.6) is 0 Å². The molecule has 1 saturated heterocycles. The molecule has 1 aliphatic heterocycles. The van der Waals surface area contributed by atoms with Gasteiger partial charge in [-0.05, 0) is 47.4 Å². The van der Waals surface area contributed by atoms with Crippen LogP contribution in [0.1, 0.15) is 18.7 Å². The first kappa shape index (κ1) is 13.2. The van der Waals surface area contributed by atoms with E-state index in [4.69, 9.17) is 4.52 Å². The Bertz CT molecular complexity index is 557. The molecule has 7 heteroatoms. The molecule has 5 nitrogen and oxygen atoms in total. The van der Waals surface area contributed by atoms with Crippen molar-refractivity contribution in [3.63, 3.8) is 0 Å². The zero-order chi connectivity index (χ0) is 13.2. The average Bonchev–Trinajstić information content (AvgIpc) is 2.98. The summed E-state index contributed by atoms with van der Waals surface area (Å²) in [5.41, 5.74) is 0. The van der Waals surface area contributed by atoms with Gasteiger partial charge in [0.25, 0.3) is 0 Å². The van der Waals surface area contributed by atoms with Gasteiger partial charge in [0, 0.05) is 6.54 Å². The van der Waals surface area contributed by atoms with E-state index >= 15 is 0 Å². The molecule has 2 aromatic rings. The van der Waals surface area contributed by atoms with Gasteiger partial charge in [-0.25, -0.2) is 0 Å². The van der Waals surface area contributed by atoms with Crippen LogP contribution in [0.3, 0.4) is 0 Å². The predicted octanol–water partition coefficient (Wildman–Crippen LogP) is 2.52. The number of nitrogens with zero attached hydrogens (tertiary/aromatic N) is 3. The fourth-order valence-electron chi connectivity index (χ4n) is 2.22.